The largest absolute Gasteiger partial charge is 0.369 e. The SMILES string of the molecule is CN1CCN(c2ccc(NC(=O)C=Cc3ccc(Cl)s3)cc2)CC1. The number of anilines is 2. The van der Waals surface area contributed by atoms with Gasteiger partial charge in [-0.15, -0.1) is 11.3 Å². The number of carbonyl (C=O) groups is 1. The molecule has 0 bridgehead atoms. The van der Waals surface area contributed by atoms with Gasteiger partial charge < -0.3 is 15.1 Å². The molecule has 0 saturated carbocycles. The minimum Gasteiger partial charge on any atom is -0.369 e. The molecule has 0 spiro atoms. The van der Waals surface area contributed by atoms with E-state index in [1.807, 2.05) is 24.3 Å². The summed E-state index contributed by atoms with van der Waals surface area (Å²) in [5.41, 5.74) is 2.00. The van der Waals surface area contributed by atoms with Crippen molar-refractivity contribution in [3.63, 3.8) is 0 Å². The van der Waals surface area contributed by atoms with Crippen molar-refractivity contribution in [1.29, 1.82) is 0 Å². The highest BCUT2D eigenvalue weighted by Crippen LogP contribution is 2.22. The summed E-state index contributed by atoms with van der Waals surface area (Å²) in [4.78, 5) is 17.6. The van der Waals surface area contributed by atoms with E-state index in [2.05, 4.69) is 34.3 Å². The molecule has 6 heteroatoms. The van der Waals surface area contributed by atoms with Gasteiger partial charge in [-0.25, -0.2) is 0 Å². The molecular weight excluding hydrogens is 342 g/mol. The smallest absolute Gasteiger partial charge is 0.248 e. The van der Waals surface area contributed by atoms with Crippen molar-refractivity contribution >= 4 is 46.3 Å². The van der Waals surface area contributed by atoms with Gasteiger partial charge in [-0.2, -0.15) is 0 Å². The molecule has 4 nitrogen and oxygen atoms in total. The fourth-order valence-electron chi connectivity index (χ4n) is 2.58. The highest BCUT2D eigenvalue weighted by molar-refractivity contribution is 7.17. The molecule has 1 aromatic carbocycles. The van der Waals surface area contributed by atoms with E-state index in [1.165, 1.54) is 23.1 Å². The van der Waals surface area contributed by atoms with E-state index in [-0.39, 0.29) is 5.91 Å². The van der Waals surface area contributed by atoms with E-state index in [1.54, 1.807) is 6.08 Å². The summed E-state index contributed by atoms with van der Waals surface area (Å²) < 4.78 is 0.717. The van der Waals surface area contributed by atoms with Gasteiger partial charge in [-0.05, 0) is 49.5 Å². The zero-order valence-electron chi connectivity index (χ0n) is 13.5. The molecule has 0 aliphatic carbocycles. The number of amides is 1. The summed E-state index contributed by atoms with van der Waals surface area (Å²) in [6, 6.07) is 11.7. The number of benzene rings is 1. The molecular formula is C18H20ClN3OS. The van der Waals surface area contributed by atoms with Gasteiger partial charge in [-0.3, -0.25) is 4.79 Å². The first-order chi connectivity index (χ1) is 11.6. The number of piperazine rings is 1. The third kappa shape index (κ3) is 4.60. The third-order valence-corrected chi connectivity index (χ3v) is 5.19. The average molecular weight is 362 g/mol. The van der Waals surface area contributed by atoms with Crippen LogP contribution in [0.25, 0.3) is 6.08 Å². The van der Waals surface area contributed by atoms with Crippen LogP contribution in [0.5, 0.6) is 0 Å². The predicted octanol–water partition coefficient (Wildman–Crippen LogP) is 3.81. The van der Waals surface area contributed by atoms with Crippen molar-refractivity contribution in [2.75, 3.05) is 43.4 Å². The molecule has 1 aliphatic heterocycles. The number of halogens is 1. The molecule has 1 N–H and O–H groups in total. The van der Waals surface area contributed by atoms with Crippen LogP contribution >= 0.6 is 22.9 Å². The summed E-state index contributed by atoms with van der Waals surface area (Å²) in [7, 11) is 2.15. The Hall–Kier alpha value is -1.82. The van der Waals surface area contributed by atoms with Gasteiger partial charge in [-0.1, -0.05) is 11.6 Å². The molecule has 3 rings (SSSR count). The van der Waals surface area contributed by atoms with Crippen LogP contribution in [-0.2, 0) is 4.79 Å². The number of hydrogen-bond donors (Lipinski definition) is 1. The van der Waals surface area contributed by atoms with Gasteiger partial charge in [0.1, 0.15) is 0 Å². The fraction of sp³-hybridized carbons (Fsp3) is 0.278. The van der Waals surface area contributed by atoms with Crippen LogP contribution in [0.1, 0.15) is 4.88 Å². The molecule has 126 valence electrons. The van der Waals surface area contributed by atoms with Crippen molar-refractivity contribution in [2.45, 2.75) is 0 Å². The summed E-state index contributed by atoms with van der Waals surface area (Å²) in [5.74, 6) is -0.146. The highest BCUT2D eigenvalue weighted by Gasteiger charge is 2.13. The Labute approximate surface area is 151 Å². The maximum atomic E-state index is 12.0. The molecule has 0 unspecified atom stereocenters. The van der Waals surface area contributed by atoms with Crippen molar-refractivity contribution in [2.24, 2.45) is 0 Å². The van der Waals surface area contributed by atoms with Crippen molar-refractivity contribution in [1.82, 2.24) is 4.90 Å². The molecule has 1 aromatic heterocycles. The lowest BCUT2D eigenvalue weighted by Gasteiger charge is -2.34. The molecule has 0 atom stereocenters. The topological polar surface area (TPSA) is 35.6 Å². The van der Waals surface area contributed by atoms with Gasteiger partial charge in [0.05, 0.1) is 4.34 Å². The molecule has 2 aromatic rings. The Morgan fingerprint density at radius 2 is 1.83 bits per heavy atom. The third-order valence-electron chi connectivity index (χ3n) is 4.00. The number of likely N-dealkylation sites (N-methyl/N-ethyl adjacent to an activating group) is 1. The fourth-order valence-corrected chi connectivity index (χ4v) is 3.54. The summed E-state index contributed by atoms with van der Waals surface area (Å²) in [6.45, 7) is 4.23. The highest BCUT2D eigenvalue weighted by atomic mass is 35.5. The molecule has 1 fully saturated rings. The average Bonchev–Trinajstić information content (AvgIpc) is 3.00. The Morgan fingerprint density at radius 3 is 2.46 bits per heavy atom. The maximum Gasteiger partial charge on any atom is 0.248 e. The van der Waals surface area contributed by atoms with Crippen molar-refractivity contribution in [3.05, 3.63) is 51.7 Å². The van der Waals surface area contributed by atoms with Crippen LogP contribution < -0.4 is 10.2 Å². The van der Waals surface area contributed by atoms with Crippen LogP contribution in [0, 0.1) is 0 Å². The van der Waals surface area contributed by atoms with Crippen LogP contribution in [0.4, 0.5) is 11.4 Å². The summed E-state index contributed by atoms with van der Waals surface area (Å²) in [5, 5.41) is 2.88. The van der Waals surface area contributed by atoms with Crippen molar-refractivity contribution < 1.29 is 4.79 Å². The van der Waals surface area contributed by atoms with E-state index in [0.717, 1.165) is 41.1 Å². The molecule has 1 aliphatic rings. The molecule has 1 amide bonds. The monoisotopic (exact) mass is 361 g/mol. The standard InChI is InChI=1S/C18H20ClN3OS/c1-21-10-12-22(13-11-21)15-4-2-14(3-5-15)20-18(23)9-7-16-6-8-17(19)24-16/h2-9H,10-13H2,1H3,(H,20,23). The second-order valence-corrected chi connectivity index (χ2v) is 7.55. The number of hydrogen-bond acceptors (Lipinski definition) is 4. The summed E-state index contributed by atoms with van der Waals surface area (Å²) in [6.07, 6.45) is 3.29. The molecule has 2 heterocycles. The Kier molecular flexibility index (Phi) is 5.56. The zero-order chi connectivity index (χ0) is 16.9. The number of nitrogens with one attached hydrogen (secondary N) is 1. The van der Waals surface area contributed by atoms with Crippen LogP contribution in [0.2, 0.25) is 4.34 Å². The normalized spacial score (nSPS) is 15.8. The van der Waals surface area contributed by atoms with Crippen LogP contribution in [0.15, 0.2) is 42.5 Å². The lowest BCUT2D eigenvalue weighted by Crippen LogP contribution is -2.44. The maximum absolute atomic E-state index is 12.0. The van der Waals surface area contributed by atoms with Gasteiger partial charge in [0.25, 0.3) is 0 Å². The van der Waals surface area contributed by atoms with Gasteiger partial charge in [0.2, 0.25) is 5.91 Å². The van der Waals surface area contributed by atoms with Gasteiger partial charge >= 0.3 is 0 Å². The number of thiophene rings is 1. The van der Waals surface area contributed by atoms with E-state index >= 15 is 0 Å². The minimum absolute atomic E-state index is 0.146. The van der Waals surface area contributed by atoms with E-state index in [9.17, 15) is 4.79 Å². The van der Waals surface area contributed by atoms with E-state index in [0.29, 0.717) is 0 Å². The first kappa shape index (κ1) is 17.0. The Balaban J connectivity index is 1.55. The quantitative estimate of drug-likeness (QED) is 0.841. The Morgan fingerprint density at radius 1 is 1.12 bits per heavy atom. The molecule has 24 heavy (non-hydrogen) atoms. The number of carbonyl (C=O) groups excluding carboxylic acids is 1. The number of rotatable bonds is 4. The predicted molar refractivity (Wildman–Crippen MR) is 103 cm³/mol. The van der Waals surface area contributed by atoms with E-state index in [4.69, 9.17) is 11.6 Å². The van der Waals surface area contributed by atoms with Gasteiger partial charge in [0, 0.05) is 48.5 Å². The first-order valence-electron chi connectivity index (χ1n) is 7.88. The first-order valence-corrected chi connectivity index (χ1v) is 9.07. The van der Waals surface area contributed by atoms with Crippen LogP contribution in [-0.4, -0.2) is 44.0 Å². The minimum atomic E-state index is -0.146. The zero-order valence-corrected chi connectivity index (χ0v) is 15.1. The molecule has 1 saturated heterocycles. The lowest BCUT2D eigenvalue weighted by atomic mass is 10.2. The van der Waals surface area contributed by atoms with Crippen LogP contribution in [0.3, 0.4) is 0 Å². The van der Waals surface area contributed by atoms with E-state index < -0.39 is 0 Å². The van der Waals surface area contributed by atoms with Crippen molar-refractivity contribution in [3.8, 4) is 0 Å². The number of nitrogens with zero attached hydrogens (tertiary/aromatic N) is 2. The van der Waals surface area contributed by atoms with Gasteiger partial charge in [0.15, 0.2) is 0 Å². The summed E-state index contributed by atoms with van der Waals surface area (Å²) >= 11 is 7.31. The second kappa shape index (κ2) is 7.83. The Bertz CT molecular complexity index is 718. The lowest BCUT2D eigenvalue weighted by molar-refractivity contribution is -0.111. The molecule has 0 radical (unpaired) electrons. The second-order valence-electron chi connectivity index (χ2n) is 5.80.